The van der Waals surface area contributed by atoms with Crippen LogP contribution in [0.25, 0.3) is 0 Å². The second-order valence-electron chi connectivity index (χ2n) is 4.78. The number of benzene rings is 2. The van der Waals surface area contributed by atoms with Crippen LogP contribution in [0.15, 0.2) is 48.5 Å². The van der Waals surface area contributed by atoms with Gasteiger partial charge in [0.25, 0.3) is 0 Å². The van der Waals surface area contributed by atoms with Crippen molar-refractivity contribution in [2.45, 2.75) is 19.9 Å². The summed E-state index contributed by atoms with van der Waals surface area (Å²) < 4.78 is 5.55. The second-order valence-corrected chi connectivity index (χ2v) is 5.19. The first-order chi connectivity index (χ1) is 10.1. The van der Waals surface area contributed by atoms with Crippen LogP contribution >= 0.6 is 11.6 Å². The van der Waals surface area contributed by atoms with Gasteiger partial charge in [0.2, 0.25) is 5.91 Å². The maximum Gasteiger partial charge on any atom is 0.223 e. The van der Waals surface area contributed by atoms with Crippen molar-refractivity contribution in [2.75, 3.05) is 6.61 Å². The average molecular weight is 304 g/mol. The Morgan fingerprint density at radius 3 is 2.76 bits per heavy atom. The molecule has 0 aromatic heterocycles. The van der Waals surface area contributed by atoms with Gasteiger partial charge in [-0.15, -0.1) is 0 Å². The van der Waals surface area contributed by atoms with Crippen LogP contribution in [0.5, 0.6) is 5.75 Å². The van der Waals surface area contributed by atoms with Crippen molar-refractivity contribution >= 4 is 17.5 Å². The van der Waals surface area contributed by atoms with Crippen molar-refractivity contribution in [2.24, 2.45) is 0 Å². The summed E-state index contributed by atoms with van der Waals surface area (Å²) in [5.74, 6) is 0.733. The Balaban J connectivity index is 1.72. The van der Waals surface area contributed by atoms with Crippen molar-refractivity contribution in [3.8, 4) is 5.75 Å². The third-order valence-corrected chi connectivity index (χ3v) is 3.39. The molecule has 0 atom stereocenters. The maximum atomic E-state index is 11.8. The van der Waals surface area contributed by atoms with Gasteiger partial charge in [-0.1, -0.05) is 41.9 Å². The molecule has 3 nitrogen and oxygen atoms in total. The number of rotatable bonds is 6. The Morgan fingerprint density at radius 2 is 2.00 bits per heavy atom. The van der Waals surface area contributed by atoms with E-state index in [1.165, 1.54) is 0 Å². The van der Waals surface area contributed by atoms with Gasteiger partial charge in [-0.25, -0.2) is 0 Å². The minimum absolute atomic E-state index is 0.0532. The van der Waals surface area contributed by atoms with Crippen molar-refractivity contribution in [1.82, 2.24) is 5.32 Å². The van der Waals surface area contributed by atoms with Crippen LogP contribution < -0.4 is 10.1 Å². The molecule has 0 unspecified atom stereocenters. The zero-order chi connectivity index (χ0) is 15.1. The van der Waals surface area contributed by atoms with Gasteiger partial charge in [0.15, 0.2) is 0 Å². The number of halogens is 1. The van der Waals surface area contributed by atoms with Gasteiger partial charge >= 0.3 is 0 Å². The topological polar surface area (TPSA) is 38.3 Å². The molecule has 0 aliphatic rings. The van der Waals surface area contributed by atoms with Gasteiger partial charge in [0.1, 0.15) is 5.75 Å². The van der Waals surface area contributed by atoms with Gasteiger partial charge in [-0.3, -0.25) is 4.79 Å². The molecule has 2 rings (SSSR count). The molecule has 0 bridgehead atoms. The van der Waals surface area contributed by atoms with E-state index in [2.05, 4.69) is 5.32 Å². The molecule has 0 saturated heterocycles. The summed E-state index contributed by atoms with van der Waals surface area (Å²) in [6, 6.07) is 15.2. The van der Waals surface area contributed by atoms with Crippen LogP contribution in [0.3, 0.4) is 0 Å². The third-order valence-electron chi connectivity index (χ3n) is 3.02. The first-order valence-corrected chi connectivity index (χ1v) is 7.22. The van der Waals surface area contributed by atoms with Crippen molar-refractivity contribution in [3.63, 3.8) is 0 Å². The highest BCUT2D eigenvalue weighted by Crippen LogP contribution is 2.14. The summed E-state index contributed by atoms with van der Waals surface area (Å²) in [6.45, 7) is 2.80. The van der Waals surface area contributed by atoms with E-state index in [-0.39, 0.29) is 5.91 Å². The highest BCUT2D eigenvalue weighted by Gasteiger charge is 2.04. The number of hydrogen-bond donors (Lipinski definition) is 1. The fourth-order valence-corrected chi connectivity index (χ4v) is 2.09. The zero-order valence-corrected chi connectivity index (χ0v) is 12.7. The number of ether oxygens (including phenoxy) is 1. The van der Waals surface area contributed by atoms with E-state index in [1.807, 2.05) is 55.5 Å². The summed E-state index contributed by atoms with van der Waals surface area (Å²) >= 11 is 6.03. The van der Waals surface area contributed by atoms with E-state index in [9.17, 15) is 4.79 Å². The Bertz CT molecular complexity index is 613. The predicted molar refractivity (Wildman–Crippen MR) is 84.6 cm³/mol. The van der Waals surface area contributed by atoms with Gasteiger partial charge in [-0.05, 0) is 36.2 Å². The van der Waals surface area contributed by atoms with Crippen molar-refractivity contribution in [1.29, 1.82) is 0 Å². The molecule has 0 aliphatic carbocycles. The smallest absolute Gasteiger partial charge is 0.223 e. The number of nitrogens with one attached hydrogen (secondary N) is 1. The van der Waals surface area contributed by atoms with Crippen LogP contribution in [0, 0.1) is 6.92 Å². The first-order valence-electron chi connectivity index (χ1n) is 6.85. The molecular formula is C17H18ClNO2. The van der Waals surface area contributed by atoms with E-state index in [1.54, 1.807) is 0 Å². The highest BCUT2D eigenvalue weighted by atomic mass is 35.5. The monoisotopic (exact) mass is 303 g/mol. The summed E-state index contributed by atoms with van der Waals surface area (Å²) in [7, 11) is 0. The van der Waals surface area contributed by atoms with Gasteiger partial charge < -0.3 is 10.1 Å². The van der Waals surface area contributed by atoms with Crippen LogP contribution in [-0.2, 0) is 11.3 Å². The van der Waals surface area contributed by atoms with Gasteiger partial charge in [0.05, 0.1) is 13.0 Å². The lowest BCUT2D eigenvalue weighted by molar-refractivity contribution is -0.121. The van der Waals surface area contributed by atoms with E-state index in [4.69, 9.17) is 16.3 Å². The largest absolute Gasteiger partial charge is 0.493 e. The first kappa shape index (κ1) is 15.4. The lowest BCUT2D eigenvalue weighted by Gasteiger charge is -2.08. The van der Waals surface area contributed by atoms with Gasteiger partial charge in [0, 0.05) is 11.6 Å². The fourth-order valence-electron chi connectivity index (χ4n) is 1.89. The number of amides is 1. The fraction of sp³-hybridized carbons (Fsp3) is 0.235. The Hall–Kier alpha value is -2.00. The van der Waals surface area contributed by atoms with E-state index < -0.39 is 0 Å². The minimum atomic E-state index is -0.0532. The highest BCUT2D eigenvalue weighted by molar-refractivity contribution is 6.31. The third kappa shape index (κ3) is 5.12. The molecule has 0 aliphatic heterocycles. The molecule has 0 spiro atoms. The number of hydrogen-bond acceptors (Lipinski definition) is 2. The Kier molecular flexibility index (Phi) is 5.64. The molecule has 0 fully saturated rings. The quantitative estimate of drug-likeness (QED) is 0.883. The molecule has 0 radical (unpaired) electrons. The van der Waals surface area contributed by atoms with Crippen LogP contribution in [0.4, 0.5) is 0 Å². The SMILES string of the molecule is Cc1cccc(OCCC(=O)NCc2ccccc2Cl)c1. The molecule has 2 aromatic carbocycles. The second kappa shape index (κ2) is 7.70. The van der Waals surface area contributed by atoms with Gasteiger partial charge in [-0.2, -0.15) is 0 Å². The molecule has 2 aromatic rings. The van der Waals surface area contributed by atoms with Crippen molar-refractivity contribution < 1.29 is 9.53 Å². The van der Waals surface area contributed by atoms with E-state index >= 15 is 0 Å². The molecule has 4 heteroatoms. The normalized spacial score (nSPS) is 10.2. The molecule has 1 amide bonds. The molecule has 0 heterocycles. The summed E-state index contributed by atoms with van der Waals surface area (Å²) in [5.41, 5.74) is 2.04. The lowest BCUT2D eigenvalue weighted by Crippen LogP contribution is -2.24. The number of carbonyl (C=O) groups excluding carboxylic acids is 1. The Labute approximate surface area is 129 Å². The molecule has 0 saturated carbocycles. The molecule has 1 N–H and O–H groups in total. The van der Waals surface area contributed by atoms with Crippen LogP contribution in [-0.4, -0.2) is 12.5 Å². The predicted octanol–water partition coefficient (Wildman–Crippen LogP) is 3.73. The maximum absolute atomic E-state index is 11.8. The molecule has 21 heavy (non-hydrogen) atoms. The number of aryl methyl sites for hydroxylation is 1. The summed E-state index contributed by atoms with van der Waals surface area (Å²) in [6.07, 6.45) is 0.318. The standard InChI is InChI=1S/C17H18ClNO2/c1-13-5-4-7-15(11-13)21-10-9-17(20)19-12-14-6-2-3-8-16(14)18/h2-8,11H,9-10,12H2,1H3,(H,19,20). The molecular weight excluding hydrogens is 286 g/mol. The summed E-state index contributed by atoms with van der Waals surface area (Å²) in [4.78, 5) is 11.8. The average Bonchev–Trinajstić information content (AvgIpc) is 2.46. The van der Waals surface area contributed by atoms with Crippen LogP contribution in [0.2, 0.25) is 5.02 Å². The van der Waals surface area contributed by atoms with E-state index in [0.29, 0.717) is 24.6 Å². The zero-order valence-electron chi connectivity index (χ0n) is 11.9. The summed E-state index contributed by atoms with van der Waals surface area (Å²) in [5, 5.41) is 3.49. The van der Waals surface area contributed by atoms with Crippen molar-refractivity contribution in [3.05, 3.63) is 64.7 Å². The minimum Gasteiger partial charge on any atom is -0.493 e. The molecule has 110 valence electrons. The van der Waals surface area contributed by atoms with E-state index in [0.717, 1.165) is 16.9 Å². The lowest BCUT2D eigenvalue weighted by atomic mass is 10.2. The Morgan fingerprint density at radius 1 is 1.19 bits per heavy atom. The van der Waals surface area contributed by atoms with Crippen LogP contribution in [0.1, 0.15) is 17.5 Å². The number of carbonyl (C=O) groups is 1.